The summed E-state index contributed by atoms with van der Waals surface area (Å²) in [5.74, 6) is 0.754. The number of rotatable bonds is 9. The lowest BCUT2D eigenvalue weighted by Crippen LogP contribution is -2.31. The molecule has 0 aromatic heterocycles. The number of nitrogens with one attached hydrogen (secondary N) is 2. The zero-order valence-corrected chi connectivity index (χ0v) is 14.9. The molecular weight excluding hydrogens is 346 g/mol. The molecule has 1 aromatic rings. The number of carbonyl (C=O) groups is 1. The van der Waals surface area contributed by atoms with Gasteiger partial charge < -0.3 is 20.5 Å². The number of sulfonamides is 1. The second-order valence-electron chi connectivity index (χ2n) is 5.65. The molecule has 4 N–H and O–H groups in total. The number of hydrogen-bond donors (Lipinski definition) is 3. The van der Waals surface area contributed by atoms with Crippen LogP contribution in [0.4, 0.5) is 0 Å². The molecule has 1 amide bonds. The summed E-state index contributed by atoms with van der Waals surface area (Å²) in [7, 11) is -3.71. The number of ether oxygens (including phenoxy) is 2. The van der Waals surface area contributed by atoms with Crippen molar-refractivity contribution in [1.29, 1.82) is 0 Å². The summed E-state index contributed by atoms with van der Waals surface area (Å²) in [6.45, 7) is 2.18. The molecule has 0 unspecified atom stereocenters. The van der Waals surface area contributed by atoms with Gasteiger partial charge in [0.1, 0.15) is 0 Å². The third-order valence-corrected chi connectivity index (χ3v) is 5.09. The van der Waals surface area contributed by atoms with Crippen molar-refractivity contribution in [3.05, 3.63) is 18.2 Å². The Morgan fingerprint density at radius 3 is 2.64 bits per heavy atom. The Morgan fingerprint density at radius 2 is 1.88 bits per heavy atom. The molecule has 1 aliphatic heterocycles. The molecule has 140 valence electrons. The maximum absolute atomic E-state index is 12.3. The van der Waals surface area contributed by atoms with E-state index in [-0.39, 0.29) is 23.8 Å². The van der Waals surface area contributed by atoms with E-state index < -0.39 is 10.0 Å². The smallest absolute Gasteiger partial charge is 0.240 e. The van der Waals surface area contributed by atoms with Crippen LogP contribution < -0.4 is 25.2 Å². The molecule has 8 nitrogen and oxygen atoms in total. The highest BCUT2D eigenvalue weighted by molar-refractivity contribution is 7.89. The molecule has 0 radical (unpaired) electrons. The molecule has 0 saturated heterocycles. The van der Waals surface area contributed by atoms with Crippen LogP contribution >= 0.6 is 0 Å². The first kappa shape index (κ1) is 19.5. The molecule has 9 heteroatoms. The van der Waals surface area contributed by atoms with Crippen molar-refractivity contribution in [2.24, 2.45) is 5.73 Å². The Bertz CT molecular complexity index is 678. The highest BCUT2D eigenvalue weighted by Crippen LogP contribution is 2.31. The van der Waals surface area contributed by atoms with Crippen molar-refractivity contribution in [2.45, 2.75) is 30.6 Å². The maximum atomic E-state index is 12.3. The normalized spacial score (nSPS) is 14.0. The molecular formula is C16H25N3O5S. The van der Waals surface area contributed by atoms with E-state index in [1.165, 1.54) is 12.1 Å². The minimum absolute atomic E-state index is 0.0273. The Kier molecular flexibility index (Phi) is 7.48. The third-order valence-electron chi connectivity index (χ3n) is 3.63. The van der Waals surface area contributed by atoms with Crippen molar-refractivity contribution >= 4 is 15.9 Å². The van der Waals surface area contributed by atoms with Crippen LogP contribution in [0.25, 0.3) is 0 Å². The molecule has 0 atom stereocenters. The van der Waals surface area contributed by atoms with Gasteiger partial charge in [-0.1, -0.05) is 0 Å². The molecule has 1 aliphatic rings. The van der Waals surface area contributed by atoms with Crippen LogP contribution in [0.2, 0.25) is 0 Å². The molecule has 0 aliphatic carbocycles. The van der Waals surface area contributed by atoms with Crippen LogP contribution in [0.3, 0.4) is 0 Å². The largest absolute Gasteiger partial charge is 0.490 e. The van der Waals surface area contributed by atoms with Crippen LogP contribution in [0.1, 0.15) is 25.7 Å². The van der Waals surface area contributed by atoms with Gasteiger partial charge in [0.05, 0.1) is 18.1 Å². The maximum Gasteiger partial charge on any atom is 0.240 e. The lowest BCUT2D eigenvalue weighted by atomic mass is 10.3. The zero-order valence-electron chi connectivity index (χ0n) is 14.1. The predicted octanol–water partition coefficient (Wildman–Crippen LogP) is 0.371. The van der Waals surface area contributed by atoms with E-state index in [0.717, 1.165) is 19.3 Å². The Morgan fingerprint density at radius 1 is 1.12 bits per heavy atom. The molecule has 0 saturated carbocycles. The number of hydrogen-bond acceptors (Lipinski definition) is 6. The van der Waals surface area contributed by atoms with Gasteiger partial charge in [0, 0.05) is 32.0 Å². The Labute approximate surface area is 148 Å². The number of amides is 1. The molecule has 2 rings (SSSR count). The molecule has 1 aromatic carbocycles. The van der Waals surface area contributed by atoms with Gasteiger partial charge in [-0.3, -0.25) is 4.79 Å². The van der Waals surface area contributed by atoms with Gasteiger partial charge >= 0.3 is 0 Å². The first-order chi connectivity index (χ1) is 12.0. The highest BCUT2D eigenvalue weighted by atomic mass is 32.2. The van der Waals surface area contributed by atoms with Crippen molar-refractivity contribution < 1.29 is 22.7 Å². The SMILES string of the molecule is NCCCCNC(=O)CCNS(=O)(=O)c1ccc2c(c1)OCCCO2. The zero-order chi connectivity index (χ0) is 18.1. The average Bonchev–Trinajstić information content (AvgIpc) is 2.83. The Hall–Kier alpha value is -1.84. The monoisotopic (exact) mass is 371 g/mol. The first-order valence-corrected chi connectivity index (χ1v) is 9.87. The Balaban J connectivity index is 1.85. The summed E-state index contributed by atoms with van der Waals surface area (Å²) in [4.78, 5) is 11.7. The van der Waals surface area contributed by atoms with Gasteiger partial charge in [-0.25, -0.2) is 13.1 Å². The number of fused-ring (bicyclic) bond motifs is 1. The second-order valence-corrected chi connectivity index (χ2v) is 7.42. The van der Waals surface area contributed by atoms with E-state index in [1.54, 1.807) is 6.07 Å². The van der Waals surface area contributed by atoms with E-state index in [1.807, 2.05) is 0 Å². The van der Waals surface area contributed by atoms with E-state index >= 15 is 0 Å². The van der Waals surface area contributed by atoms with Gasteiger partial charge in [0.15, 0.2) is 11.5 Å². The van der Waals surface area contributed by atoms with Gasteiger partial charge in [0.2, 0.25) is 15.9 Å². The van der Waals surface area contributed by atoms with Crippen LogP contribution in [-0.2, 0) is 14.8 Å². The van der Waals surface area contributed by atoms with Crippen molar-refractivity contribution in [3.63, 3.8) is 0 Å². The highest BCUT2D eigenvalue weighted by Gasteiger charge is 2.18. The van der Waals surface area contributed by atoms with Gasteiger partial charge in [-0.05, 0) is 31.5 Å². The fourth-order valence-electron chi connectivity index (χ4n) is 2.28. The topological polar surface area (TPSA) is 120 Å². The number of carbonyl (C=O) groups excluding carboxylic acids is 1. The summed E-state index contributed by atoms with van der Waals surface area (Å²) in [6, 6.07) is 4.48. The summed E-state index contributed by atoms with van der Waals surface area (Å²) in [5, 5.41) is 2.73. The summed E-state index contributed by atoms with van der Waals surface area (Å²) >= 11 is 0. The van der Waals surface area contributed by atoms with Gasteiger partial charge in [0.25, 0.3) is 0 Å². The van der Waals surface area contributed by atoms with Crippen LogP contribution in [-0.4, -0.2) is 47.2 Å². The number of benzene rings is 1. The van der Waals surface area contributed by atoms with E-state index in [0.29, 0.717) is 37.8 Å². The summed E-state index contributed by atoms with van der Waals surface area (Å²) in [6.07, 6.45) is 2.48. The van der Waals surface area contributed by atoms with E-state index in [9.17, 15) is 13.2 Å². The van der Waals surface area contributed by atoms with E-state index in [4.69, 9.17) is 15.2 Å². The number of nitrogens with two attached hydrogens (primary N) is 1. The van der Waals surface area contributed by atoms with Crippen LogP contribution in [0.15, 0.2) is 23.1 Å². The predicted molar refractivity (Wildman–Crippen MR) is 93.2 cm³/mol. The minimum atomic E-state index is -3.71. The van der Waals surface area contributed by atoms with Gasteiger partial charge in [-0.15, -0.1) is 0 Å². The van der Waals surface area contributed by atoms with E-state index in [2.05, 4.69) is 10.0 Å². The first-order valence-electron chi connectivity index (χ1n) is 8.39. The van der Waals surface area contributed by atoms with Crippen molar-refractivity contribution in [2.75, 3.05) is 32.8 Å². The quantitative estimate of drug-likeness (QED) is 0.540. The summed E-state index contributed by atoms with van der Waals surface area (Å²) < 4.78 is 38.1. The fraction of sp³-hybridized carbons (Fsp3) is 0.562. The van der Waals surface area contributed by atoms with Crippen LogP contribution in [0.5, 0.6) is 11.5 Å². The number of unbranched alkanes of at least 4 members (excludes halogenated alkanes) is 1. The molecule has 0 bridgehead atoms. The molecule has 0 fully saturated rings. The fourth-order valence-corrected chi connectivity index (χ4v) is 3.33. The molecule has 1 heterocycles. The average molecular weight is 371 g/mol. The minimum Gasteiger partial charge on any atom is -0.490 e. The standard InChI is InChI=1S/C16H25N3O5S/c17-7-1-2-8-18-16(20)6-9-19-25(21,22)13-4-5-14-15(12-13)24-11-3-10-23-14/h4-5,12,19H,1-3,6-11,17H2,(H,18,20). The van der Waals surface area contributed by atoms with Crippen LogP contribution in [0, 0.1) is 0 Å². The lowest BCUT2D eigenvalue weighted by molar-refractivity contribution is -0.120. The van der Waals surface area contributed by atoms with Crippen molar-refractivity contribution in [1.82, 2.24) is 10.0 Å². The molecule has 0 spiro atoms. The van der Waals surface area contributed by atoms with Crippen molar-refractivity contribution in [3.8, 4) is 11.5 Å². The third kappa shape index (κ3) is 6.18. The summed E-state index contributed by atoms with van der Waals surface area (Å²) in [5.41, 5.74) is 5.37. The van der Waals surface area contributed by atoms with Gasteiger partial charge in [-0.2, -0.15) is 0 Å². The molecule has 25 heavy (non-hydrogen) atoms. The lowest BCUT2D eigenvalue weighted by Gasteiger charge is -2.11. The second kappa shape index (κ2) is 9.59.